The Labute approximate surface area is 121 Å². The van der Waals surface area contributed by atoms with Gasteiger partial charge in [-0.05, 0) is 50.8 Å². The Bertz CT molecular complexity index is 483. The van der Waals surface area contributed by atoms with Crippen LogP contribution >= 0.6 is 0 Å². The quantitative estimate of drug-likeness (QED) is 0.914. The molecule has 0 amide bonds. The van der Waals surface area contributed by atoms with Crippen LogP contribution in [0.4, 0.5) is 5.82 Å². The molecule has 0 aromatic carbocycles. The molecule has 0 radical (unpaired) electrons. The van der Waals surface area contributed by atoms with Gasteiger partial charge >= 0.3 is 0 Å². The smallest absolute Gasteiger partial charge is 0.132 e. The fourth-order valence-electron chi connectivity index (χ4n) is 2.81. The van der Waals surface area contributed by atoms with E-state index in [-0.39, 0.29) is 5.54 Å². The summed E-state index contributed by atoms with van der Waals surface area (Å²) in [7, 11) is 0. The van der Waals surface area contributed by atoms with Gasteiger partial charge in [-0.3, -0.25) is 0 Å². The Morgan fingerprint density at radius 2 is 2.25 bits per heavy atom. The van der Waals surface area contributed by atoms with Crippen molar-refractivity contribution >= 4 is 5.82 Å². The number of hydrogen-bond donors (Lipinski definition) is 1. The molecule has 2 aliphatic rings. The van der Waals surface area contributed by atoms with Gasteiger partial charge in [0.15, 0.2) is 0 Å². The minimum absolute atomic E-state index is 0.0176. The Morgan fingerprint density at radius 3 is 2.90 bits per heavy atom. The van der Waals surface area contributed by atoms with Crippen molar-refractivity contribution in [2.24, 2.45) is 0 Å². The normalized spacial score (nSPS) is 22.1. The third-order valence-electron chi connectivity index (χ3n) is 4.18. The monoisotopic (exact) mass is 275 g/mol. The van der Waals surface area contributed by atoms with Gasteiger partial charge in [0.05, 0.1) is 18.8 Å². The summed E-state index contributed by atoms with van der Waals surface area (Å²) in [5.41, 5.74) is 2.56. The molecule has 1 saturated heterocycles. The summed E-state index contributed by atoms with van der Waals surface area (Å²) in [5, 5.41) is 3.54. The number of ether oxygens (including phenoxy) is 1. The van der Waals surface area contributed by atoms with Crippen molar-refractivity contribution in [3.8, 4) is 0 Å². The van der Waals surface area contributed by atoms with E-state index in [2.05, 4.69) is 37.1 Å². The standard InChI is InChI=1S/C16H25N3O/c1-12-8-13(9-17-14-4-5-14)10-18-15(12)19-6-7-20-11-16(19,2)3/h8,10,14,17H,4-7,9,11H2,1-3H3. The predicted octanol–water partition coefficient (Wildman–Crippen LogP) is 2.26. The fourth-order valence-corrected chi connectivity index (χ4v) is 2.81. The zero-order chi connectivity index (χ0) is 14.2. The van der Waals surface area contributed by atoms with Crippen LogP contribution in [0, 0.1) is 6.92 Å². The van der Waals surface area contributed by atoms with Gasteiger partial charge in [-0.1, -0.05) is 0 Å². The van der Waals surface area contributed by atoms with Crippen LogP contribution in [0.2, 0.25) is 0 Å². The molecular formula is C16H25N3O. The van der Waals surface area contributed by atoms with Crippen molar-refractivity contribution in [3.05, 3.63) is 23.4 Å². The topological polar surface area (TPSA) is 37.4 Å². The zero-order valence-corrected chi connectivity index (χ0v) is 12.8. The van der Waals surface area contributed by atoms with Crippen LogP contribution in [0.1, 0.15) is 37.8 Å². The first-order valence-corrected chi connectivity index (χ1v) is 7.60. The van der Waals surface area contributed by atoms with Gasteiger partial charge in [0.1, 0.15) is 5.82 Å². The van der Waals surface area contributed by atoms with E-state index in [1.54, 1.807) is 0 Å². The van der Waals surface area contributed by atoms with E-state index in [1.165, 1.54) is 24.0 Å². The maximum atomic E-state index is 5.59. The van der Waals surface area contributed by atoms with Gasteiger partial charge < -0.3 is 15.0 Å². The van der Waals surface area contributed by atoms with Crippen molar-refractivity contribution in [1.29, 1.82) is 0 Å². The molecule has 1 aliphatic carbocycles. The number of aromatic nitrogens is 1. The molecule has 0 spiro atoms. The maximum Gasteiger partial charge on any atom is 0.132 e. The number of anilines is 1. The summed E-state index contributed by atoms with van der Waals surface area (Å²) in [6.45, 7) is 10.0. The third-order valence-corrected chi connectivity index (χ3v) is 4.18. The fraction of sp³-hybridized carbons (Fsp3) is 0.688. The molecule has 3 rings (SSSR count). The largest absolute Gasteiger partial charge is 0.377 e. The van der Waals surface area contributed by atoms with Crippen LogP contribution in [-0.4, -0.2) is 36.3 Å². The van der Waals surface area contributed by atoms with E-state index in [4.69, 9.17) is 9.72 Å². The summed E-state index contributed by atoms with van der Waals surface area (Å²) < 4.78 is 5.59. The van der Waals surface area contributed by atoms with Crippen LogP contribution in [0.25, 0.3) is 0 Å². The molecule has 2 heterocycles. The van der Waals surface area contributed by atoms with Crippen LogP contribution < -0.4 is 10.2 Å². The molecule has 1 aliphatic heterocycles. The number of pyridine rings is 1. The first-order chi connectivity index (χ1) is 9.56. The minimum Gasteiger partial charge on any atom is -0.377 e. The lowest BCUT2D eigenvalue weighted by Gasteiger charge is -2.43. The molecule has 0 atom stereocenters. The van der Waals surface area contributed by atoms with Gasteiger partial charge in [0.2, 0.25) is 0 Å². The third kappa shape index (κ3) is 2.96. The van der Waals surface area contributed by atoms with Crippen LogP contribution in [-0.2, 0) is 11.3 Å². The Morgan fingerprint density at radius 1 is 1.45 bits per heavy atom. The second-order valence-electron chi connectivity index (χ2n) is 6.66. The zero-order valence-electron chi connectivity index (χ0n) is 12.8. The van der Waals surface area contributed by atoms with E-state index in [0.717, 1.165) is 38.2 Å². The lowest BCUT2D eigenvalue weighted by molar-refractivity contribution is 0.0638. The second-order valence-corrected chi connectivity index (χ2v) is 6.66. The summed E-state index contributed by atoms with van der Waals surface area (Å²) >= 11 is 0. The number of aryl methyl sites for hydroxylation is 1. The van der Waals surface area contributed by atoms with Crippen LogP contribution in [0.3, 0.4) is 0 Å². The number of rotatable bonds is 4. The van der Waals surface area contributed by atoms with Crippen molar-refractivity contribution in [1.82, 2.24) is 10.3 Å². The van der Waals surface area contributed by atoms with Gasteiger partial charge in [0.25, 0.3) is 0 Å². The number of morpholine rings is 1. The van der Waals surface area contributed by atoms with Crippen LogP contribution in [0.5, 0.6) is 0 Å². The van der Waals surface area contributed by atoms with Gasteiger partial charge in [-0.25, -0.2) is 4.98 Å². The first-order valence-electron chi connectivity index (χ1n) is 7.60. The summed E-state index contributed by atoms with van der Waals surface area (Å²) in [4.78, 5) is 7.11. The number of hydrogen-bond acceptors (Lipinski definition) is 4. The highest BCUT2D eigenvalue weighted by Gasteiger charge is 2.32. The Hall–Kier alpha value is -1.13. The van der Waals surface area contributed by atoms with Gasteiger partial charge in [0, 0.05) is 25.3 Å². The lowest BCUT2D eigenvalue weighted by atomic mass is 10.0. The van der Waals surface area contributed by atoms with E-state index < -0.39 is 0 Å². The molecule has 20 heavy (non-hydrogen) atoms. The molecule has 4 heteroatoms. The highest BCUT2D eigenvalue weighted by Crippen LogP contribution is 2.28. The lowest BCUT2D eigenvalue weighted by Crippen LogP contribution is -2.53. The average Bonchev–Trinajstić information content (AvgIpc) is 3.21. The molecule has 110 valence electrons. The molecule has 4 nitrogen and oxygen atoms in total. The average molecular weight is 275 g/mol. The molecule has 2 fully saturated rings. The summed E-state index contributed by atoms with van der Waals surface area (Å²) in [5.74, 6) is 1.11. The summed E-state index contributed by atoms with van der Waals surface area (Å²) in [6, 6.07) is 3.01. The van der Waals surface area contributed by atoms with Crippen molar-refractivity contribution in [2.75, 3.05) is 24.7 Å². The molecule has 1 saturated carbocycles. The number of nitrogens with one attached hydrogen (secondary N) is 1. The van der Waals surface area contributed by atoms with Crippen molar-refractivity contribution in [3.63, 3.8) is 0 Å². The van der Waals surface area contributed by atoms with Crippen molar-refractivity contribution < 1.29 is 4.74 Å². The van der Waals surface area contributed by atoms with Crippen molar-refractivity contribution in [2.45, 2.75) is 51.7 Å². The Kier molecular flexibility index (Phi) is 3.69. The SMILES string of the molecule is Cc1cc(CNC2CC2)cnc1N1CCOCC1(C)C. The number of nitrogens with zero attached hydrogens (tertiary/aromatic N) is 2. The van der Waals surface area contributed by atoms with E-state index >= 15 is 0 Å². The Balaban J connectivity index is 1.75. The van der Waals surface area contributed by atoms with E-state index in [9.17, 15) is 0 Å². The van der Waals surface area contributed by atoms with E-state index in [0.29, 0.717) is 0 Å². The highest BCUT2D eigenvalue weighted by atomic mass is 16.5. The molecule has 0 unspecified atom stereocenters. The molecule has 0 bridgehead atoms. The molecule has 1 aromatic heterocycles. The second kappa shape index (κ2) is 5.34. The van der Waals surface area contributed by atoms with Gasteiger partial charge in [-0.2, -0.15) is 0 Å². The first kappa shape index (κ1) is 13.8. The molecule has 1 aromatic rings. The molecule has 1 N–H and O–H groups in total. The maximum absolute atomic E-state index is 5.59. The minimum atomic E-state index is 0.0176. The van der Waals surface area contributed by atoms with Gasteiger partial charge in [-0.15, -0.1) is 0 Å². The van der Waals surface area contributed by atoms with E-state index in [1.807, 2.05) is 6.20 Å². The summed E-state index contributed by atoms with van der Waals surface area (Å²) in [6.07, 6.45) is 4.67. The van der Waals surface area contributed by atoms with Crippen LogP contribution in [0.15, 0.2) is 12.3 Å². The predicted molar refractivity (Wildman–Crippen MR) is 81.1 cm³/mol. The molecular weight excluding hydrogens is 250 g/mol. The highest BCUT2D eigenvalue weighted by molar-refractivity contribution is 5.50.